The van der Waals surface area contributed by atoms with Crippen molar-refractivity contribution in [1.29, 1.82) is 0 Å². The number of hydrogen-bond acceptors (Lipinski definition) is 3. The van der Waals surface area contributed by atoms with Crippen molar-refractivity contribution in [1.82, 2.24) is 15.5 Å². The summed E-state index contributed by atoms with van der Waals surface area (Å²) in [5.74, 6) is 0.249. The molecule has 1 saturated carbocycles. The molecule has 1 aliphatic rings. The Morgan fingerprint density at radius 2 is 2.13 bits per heavy atom. The molecule has 1 fully saturated rings. The highest BCUT2D eigenvalue weighted by Gasteiger charge is 2.20. The Morgan fingerprint density at radius 3 is 2.73 bits per heavy atom. The second kappa shape index (κ2) is 6.80. The lowest BCUT2D eigenvalue weighted by Crippen LogP contribution is -2.32. The fourth-order valence-corrected chi connectivity index (χ4v) is 1.48. The lowest BCUT2D eigenvalue weighted by atomic mass is 10.3. The summed E-state index contributed by atoms with van der Waals surface area (Å²) < 4.78 is 0. The number of rotatable bonds is 8. The Bertz CT molecular complexity index is 192. The van der Waals surface area contributed by atoms with E-state index in [2.05, 4.69) is 10.6 Å². The molecule has 0 bridgehead atoms. The van der Waals surface area contributed by atoms with Crippen LogP contribution in [0.15, 0.2) is 0 Å². The third-order valence-electron chi connectivity index (χ3n) is 2.70. The minimum absolute atomic E-state index is 0.249. The van der Waals surface area contributed by atoms with Crippen LogP contribution in [-0.2, 0) is 4.79 Å². The summed E-state index contributed by atoms with van der Waals surface area (Å²) in [4.78, 5) is 13.4. The Morgan fingerprint density at radius 1 is 1.40 bits per heavy atom. The summed E-state index contributed by atoms with van der Waals surface area (Å²) in [6.45, 7) is 2.65. The fraction of sp³-hybridized carbons (Fsp3) is 0.909. The van der Waals surface area contributed by atoms with E-state index in [1.54, 1.807) is 0 Å². The van der Waals surface area contributed by atoms with Crippen LogP contribution in [-0.4, -0.2) is 50.6 Å². The van der Waals surface area contributed by atoms with Crippen LogP contribution >= 0.6 is 0 Å². The molecule has 0 aromatic rings. The van der Waals surface area contributed by atoms with Crippen molar-refractivity contribution < 1.29 is 4.79 Å². The number of carbonyl (C=O) groups is 1. The van der Waals surface area contributed by atoms with Gasteiger partial charge >= 0.3 is 0 Å². The SMILES string of the molecule is CNCCCN(C)C(=O)CCNC1CC1. The average molecular weight is 213 g/mol. The van der Waals surface area contributed by atoms with E-state index in [1.807, 2.05) is 19.0 Å². The molecular formula is C11H23N3O. The molecular weight excluding hydrogens is 190 g/mol. The van der Waals surface area contributed by atoms with Gasteiger partial charge in [-0.1, -0.05) is 0 Å². The van der Waals surface area contributed by atoms with Crippen molar-refractivity contribution in [2.75, 3.05) is 33.7 Å². The van der Waals surface area contributed by atoms with Gasteiger partial charge in [0.25, 0.3) is 0 Å². The predicted octanol–water partition coefficient (Wildman–Crippen LogP) is 0.196. The van der Waals surface area contributed by atoms with Crippen molar-refractivity contribution in [2.24, 2.45) is 0 Å². The fourth-order valence-electron chi connectivity index (χ4n) is 1.48. The first-order valence-electron chi connectivity index (χ1n) is 5.86. The highest BCUT2D eigenvalue weighted by molar-refractivity contribution is 5.76. The number of carbonyl (C=O) groups excluding carboxylic acids is 1. The lowest BCUT2D eigenvalue weighted by molar-refractivity contribution is -0.129. The van der Waals surface area contributed by atoms with Crippen LogP contribution in [0.1, 0.15) is 25.7 Å². The van der Waals surface area contributed by atoms with Crippen molar-refractivity contribution in [3.8, 4) is 0 Å². The number of hydrogen-bond donors (Lipinski definition) is 2. The molecule has 2 N–H and O–H groups in total. The molecule has 0 spiro atoms. The van der Waals surface area contributed by atoms with Gasteiger partial charge in [0.2, 0.25) is 5.91 Å². The van der Waals surface area contributed by atoms with E-state index in [0.717, 1.165) is 26.1 Å². The normalized spacial score (nSPS) is 15.3. The molecule has 0 heterocycles. The summed E-state index contributed by atoms with van der Waals surface area (Å²) in [5.41, 5.74) is 0. The van der Waals surface area contributed by atoms with E-state index in [-0.39, 0.29) is 5.91 Å². The highest BCUT2D eigenvalue weighted by atomic mass is 16.2. The van der Waals surface area contributed by atoms with Crippen molar-refractivity contribution in [3.05, 3.63) is 0 Å². The van der Waals surface area contributed by atoms with Gasteiger partial charge in [0.1, 0.15) is 0 Å². The summed E-state index contributed by atoms with van der Waals surface area (Å²) in [6, 6.07) is 0.701. The first-order valence-corrected chi connectivity index (χ1v) is 5.86. The van der Waals surface area contributed by atoms with E-state index < -0.39 is 0 Å². The molecule has 15 heavy (non-hydrogen) atoms. The van der Waals surface area contributed by atoms with Gasteiger partial charge in [0.15, 0.2) is 0 Å². The summed E-state index contributed by atoms with van der Waals surface area (Å²) in [7, 11) is 3.82. The average Bonchev–Trinajstić information content (AvgIpc) is 3.02. The first-order chi connectivity index (χ1) is 7.24. The third kappa shape index (κ3) is 5.74. The van der Waals surface area contributed by atoms with Crippen molar-refractivity contribution >= 4 is 5.91 Å². The minimum atomic E-state index is 0.249. The second-order valence-corrected chi connectivity index (χ2v) is 4.25. The Balaban J connectivity index is 1.98. The molecule has 4 heteroatoms. The predicted molar refractivity (Wildman–Crippen MR) is 61.8 cm³/mol. The maximum Gasteiger partial charge on any atom is 0.223 e. The molecule has 0 radical (unpaired) electrons. The van der Waals surface area contributed by atoms with Crippen LogP contribution in [0.5, 0.6) is 0 Å². The Hall–Kier alpha value is -0.610. The van der Waals surface area contributed by atoms with Gasteiger partial charge in [-0.3, -0.25) is 4.79 Å². The molecule has 0 unspecified atom stereocenters. The van der Waals surface area contributed by atoms with Crippen LogP contribution in [0.25, 0.3) is 0 Å². The van der Waals surface area contributed by atoms with Crippen LogP contribution in [0.2, 0.25) is 0 Å². The third-order valence-corrected chi connectivity index (χ3v) is 2.70. The molecule has 4 nitrogen and oxygen atoms in total. The van der Waals surface area contributed by atoms with E-state index in [9.17, 15) is 4.79 Å². The molecule has 1 rings (SSSR count). The lowest BCUT2D eigenvalue weighted by Gasteiger charge is -2.17. The summed E-state index contributed by atoms with van der Waals surface area (Å²) in [5, 5.41) is 6.43. The summed E-state index contributed by atoms with van der Waals surface area (Å²) in [6.07, 6.45) is 4.22. The largest absolute Gasteiger partial charge is 0.346 e. The van der Waals surface area contributed by atoms with Gasteiger partial charge in [-0.2, -0.15) is 0 Å². The van der Waals surface area contributed by atoms with Crippen LogP contribution < -0.4 is 10.6 Å². The van der Waals surface area contributed by atoms with Crippen molar-refractivity contribution in [3.63, 3.8) is 0 Å². The quantitative estimate of drug-likeness (QED) is 0.566. The van der Waals surface area contributed by atoms with Gasteiger partial charge in [0.05, 0.1) is 0 Å². The maximum absolute atomic E-state index is 11.6. The smallest absolute Gasteiger partial charge is 0.223 e. The van der Waals surface area contributed by atoms with E-state index >= 15 is 0 Å². The van der Waals surface area contributed by atoms with Crippen LogP contribution in [0.4, 0.5) is 0 Å². The molecule has 0 aromatic heterocycles. The summed E-state index contributed by atoms with van der Waals surface area (Å²) >= 11 is 0. The molecule has 88 valence electrons. The zero-order chi connectivity index (χ0) is 11.1. The first kappa shape index (κ1) is 12.5. The van der Waals surface area contributed by atoms with Gasteiger partial charge in [-0.15, -0.1) is 0 Å². The van der Waals surface area contributed by atoms with Crippen LogP contribution in [0, 0.1) is 0 Å². The van der Waals surface area contributed by atoms with Gasteiger partial charge in [-0.25, -0.2) is 0 Å². The minimum Gasteiger partial charge on any atom is -0.346 e. The molecule has 0 saturated heterocycles. The monoisotopic (exact) mass is 213 g/mol. The Labute approximate surface area is 92.4 Å². The zero-order valence-corrected chi connectivity index (χ0v) is 9.88. The van der Waals surface area contributed by atoms with Crippen LogP contribution in [0.3, 0.4) is 0 Å². The highest BCUT2D eigenvalue weighted by Crippen LogP contribution is 2.18. The van der Waals surface area contributed by atoms with E-state index in [4.69, 9.17) is 0 Å². The van der Waals surface area contributed by atoms with Gasteiger partial charge in [-0.05, 0) is 32.9 Å². The van der Waals surface area contributed by atoms with E-state index in [0.29, 0.717) is 12.5 Å². The molecule has 0 atom stereocenters. The molecule has 1 amide bonds. The van der Waals surface area contributed by atoms with E-state index in [1.165, 1.54) is 12.8 Å². The molecule has 0 aliphatic heterocycles. The zero-order valence-electron chi connectivity index (χ0n) is 9.88. The number of amides is 1. The maximum atomic E-state index is 11.6. The van der Waals surface area contributed by atoms with Gasteiger partial charge < -0.3 is 15.5 Å². The molecule has 0 aromatic carbocycles. The second-order valence-electron chi connectivity index (χ2n) is 4.25. The van der Waals surface area contributed by atoms with Crippen molar-refractivity contribution in [2.45, 2.75) is 31.7 Å². The van der Waals surface area contributed by atoms with Gasteiger partial charge in [0, 0.05) is 32.6 Å². The number of nitrogens with one attached hydrogen (secondary N) is 2. The Kier molecular flexibility index (Phi) is 5.65. The number of nitrogens with zero attached hydrogens (tertiary/aromatic N) is 1. The molecule has 1 aliphatic carbocycles. The standard InChI is InChI=1S/C11H23N3O/c1-12-7-3-9-14(2)11(15)6-8-13-10-4-5-10/h10,12-13H,3-9H2,1-2H3. The topological polar surface area (TPSA) is 44.4 Å².